The van der Waals surface area contributed by atoms with Crippen LogP contribution in [0.2, 0.25) is 10.0 Å². The summed E-state index contributed by atoms with van der Waals surface area (Å²) in [6, 6.07) is 11.3. The zero-order valence-corrected chi connectivity index (χ0v) is 25.5. The predicted octanol–water partition coefficient (Wildman–Crippen LogP) is 3.97. The zero-order valence-electron chi connectivity index (χ0n) is 24.0. The number of ether oxygens (including phenoxy) is 4. The maximum absolute atomic E-state index is 13.1. The van der Waals surface area contributed by atoms with E-state index in [1.54, 1.807) is 12.1 Å². The largest absolute Gasteiger partial charge is 0.495 e. The van der Waals surface area contributed by atoms with Gasteiger partial charge >= 0.3 is 11.9 Å². The first kappa shape index (κ1) is 32.8. The number of fused-ring (bicyclic) bond motifs is 1. The van der Waals surface area contributed by atoms with Gasteiger partial charge in [0.1, 0.15) is 17.5 Å². The van der Waals surface area contributed by atoms with Crippen LogP contribution in [0.4, 0.5) is 11.4 Å². The van der Waals surface area contributed by atoms with Crippen LogP contribution in [0.3, 0.4) is 0 Å². The first-order valence-electron chi connectivity index (χ1n) is 13.1. The molecule has 1 heterocycles. The summed E-state index contributed by atoms with van der Waals surface area (Å²) in [5.41, 5.74) is 0.356. The van der Waals surface area contributed by atoms with Crippen molar-refractivity contribution >= 4 is 70.1 Å². The van der Waals surface area contributed by atoms with Crippen molar-refractivity contribution in [3.8, 4) is 11.5 Å². The first-order chi connectivity index (χ1) is 21.4. The second kappa shape index (κ2) is 14.1. The molecule has 1 atom stereocenters. The highest BCUT2D eigenvalue weighted by Crippen LogP contribution is 2.29. The SMILES string of the molecule is COc1ccc(NC(=O)COC(=O)c2ccc3c(c2)C(=O)N(C(C)C(=O)OCC(=O)Nc2ccc(OC)c(Cl)c2)C3=O)cc1Cl. The number of esters is 2. The normalized spacial score (nSPS) is 12.6. The molecule has 3 aromatic rings. The number of imide groups is 1. The fourth-order valence-electron chi connectivity index (χ4n) is 4.20. The van der Waals surface area contributed by atoms with Gasteiger partial charge in [0.25, 0.3) is 23.6 Å². The van der Waals surface area contributed by atoms with Crippen molar-refractivity contribution in [3.63, 3.8) is 0 Å². The molecule has 4 amide bonds. The second-order valence-corrected chi connectivity index (χ2v) is 10.2. The Morgan fingerprint density at radius 2 is 1.24 bits per heavy atom. The topological polar surface area (TPSA) is 167 Å². The number of carbonyl (C=O) groups excluding carboxylic acids is 6. The molecule has 2 N–H and O–H groups in total. The molecule has 0 radical (unpaired) electrons. The number of carbonyl (C=O) groups is 6. The minimum atomic E-state index is -1.40. The van der Waals surface area contributed by atoms with Crippen LogP contribution in [0.1, 0.15) is 38.0 Å². The van der Waals surface area contributed by atoms with E-state index >= 15 is 0 Å². The average Bonchev–Trinajstić information content (AvgIpc) is 3.26. The van der Waals surface area contributed by atoms with E-state index < -0.39 is 54.8 Å². The summed E-state index contributed by atoms with van der Waals surface area (Å²) in [6.45, 7) is -0.0967. The summed E-state index contributed by atoms with van der Waals surface area (Å²) in [5.74, 6) is -4.14. The van der Waals surface area contributed by atoms with Crippen LogP contribution >= 0.6 is 23.2 Å². The molecule has 0 saturated heterocycles. The fraction of sp³-hybridized carbons (Fsp3) is 0.200. The van der Waals surface area contributed by atoms with Gasteiger partial charge in [-0.2, -0.15) is 0 Å². The minimum Gasteiger partial charge on any atom is -0.495 e. The van der Waals surface area contributed by atoms with Gasteiger partial charge in [0.2, 0.25) is 0 Å². The van der Waals surface area contributed by atoms with Crippen LogP contribution in [0, 0.1) is 0 Å². The Balaban J connectivity index is 1.32. The summed E-state index contributed by atoms with van der Waals surface area (Å²) in [5, 5.41) is 5.54. The van der Waals surface area contributed by atoms with Gasteiger partial charge in [-0.1, -0.05) is 23.2 Å². The third-order valence-corrected chi connectivity index (χ3v) is 7.02. The third-order valence-electron chi connectivity index (χ3n) is 6.43. The molecule has 4 rings (SSSR count). The summed E-state index contributed by atoms with van der Waals surface area (Å²) < 4.78 is 20.2. The maximum Gasteiger partial charge on any atom is 0.338 e. The Hall–Kier alpha value is -5.14. The molecule has 13 nitrogen and oxygen atoms in total. The van der Waals surface area contributed by atoms with Gasteiger partial charge in [-0.25, -0.2) is 9.59 Å². The average molecular weight is 658 g/mol. The highest BCUT2D eigenvalue weighted by molar-refractivity contribution is 6.32. The molecular weight excluding hydrogens is 633 g/mol. The van der Waals surface area contributed by atoms with Crippen LogP contribution < -0.4 is 20.1 Å². The van der Waals surface area contributed by atoms with Crippen molar-refractivity contribution in [3.05, 3.63) is 81.3 Å². The molecule has 45 heavy (non-hydrogen) atoms. The highest BCUT2D eigenvalue weighted by Gasteiger charge is 2.42. The second-order valence-electron chi connectivity index (χ2n) is 9.40. The molecule has 0 spiro atoms. The molecule has 1 unspecified atom stereocenters. The lowest BCUT2D eigenvalue weighted by molar-refractivity contribution is -0.150. The van der Waals surface area contributed by atoms with E-state index in [0.29, 0.717) is 27.8 Å². The first-order valence-corrected chi connectivity index (χ1v) is 13.8. The number of halogens is 2. The van der Waals surface area contributed by atoms with E-state index in [-0.39, 0.29) is 26.7 Å². The number of rotatable bonds is 11. The number of anilines is 2. The van der Waals surface area contributed by atoms with Crippen molar-refractivity contribution in [1.29, 1.82) is 0 Å². The Labute approximate surface area is 266 Å². The molecule has 3 aromatic carbocycles. The zero-order chi connectivity index (χ0) is 32.8. The Morgan fingerprint density at radius 3 is 1.76 bits per heavy atom. The molecule has 0 bridgehead atoms. The van der Waals surface area contributed by atoms with Crippen molar-refractivity contribution in [2.75, 3.05) is 38.1 Å². The monoisotopic (exact) mass is 657 g/mol. The van der Waals surface area contributed by atoms with Crippen molar-refractivity contribution in [2.45, 2.75) is 13.0 Å². The van der Waals surface area contributed by atoms with Crippen LogP contribution in [0.5, 0.6) is 11.5 Å². The third kappa shape index (κ3) is 7.51. The smallest absolute Gasteiger partial charge is 0.338 e. The van der Waals surface area contributed by atoms with E-state index in [0.717, 1.165) is 6.07 Å². The number of nitrogens with zero attached hydrogens (tertiary/aromatic N) is 1. The lowest BCUT2D eigenvalue weighted by atomic mass is 10.1. The van der Waals surface area contributed by atoms with Gasteiger partial charge < -0.3 is 29.6 Å². The molecule has 0 aromatic heterocycles. The summed E-state index contributed by atoms with van der Waals surface area (Å²) in [4.78, 5) is 76.5. The van der Waals surface area contributed by atoms with Crippen molar-refractivity contribution in [2.24, 2.45) is 0 Å². The van der Waals surface area contributed by atoms with Gasteiger partial charge in [0.15, 0.2) is 13.2 Å². The number of methoxy groups -OCH3 is 2. The van der Waals surface area contributed by atoms with Crippen LogP contribution in [-0.4, -0.2) is 73.9 Å². The highest BCUT2D eigenvalue weighted by atomic mass is 35.5. The molecule has 0 saturated carbocycles. The lowest BCUT2D eigenvalue weighted by Gasteiger charge is -2.20. The predicted molar refractivity (Wildman–Crippen MR) is 161 cm³/mol. The molecule has 0 fully saturated rings. The van der Waals surface area contributed by atoms with Crippen LogP contribution in [0.15, 0.2) is 54.6 Å². The maximum atomic E-state index is 13.1. The Bertz CT molecular complexity index is 1710. The van der Waals surface area contributed by atoms with Gasteiger partial charge in [-0.05, 0) is 61.5 Å². The number of amides is 4. The van der Waals surface area contributed by atoms with Crippen molar-refractivity contribution < 1.29 is 47.7 Å². The van der Waals surface area contributed by atoms with Gasteiger partial charge in [0, 0.05) is 11.4 Å². The quantitative estimate of drug-likeness (QED) is 0.227. The number of hydrogen-bond donors (Lipinski definition) is 2. The van der Waals surface area contributed by atoms with E-state index in [1.807, 2.05) is 0 Å². The molecule has 234 valence electrons. The minimum absolute atomic E-state index is 0.0561. The fourth-order valence-corrected chi connectivity index (χ4v) is 4.71. The summed E-state index contributed by atoms with van der Waals surface area (Å²) in [7, 11) is 2.88. The molecule has 15 heteroatoms. The summed E-state index contributed by atoms with van der Waals surface area (Å²) >= 11 is 12.1. The number of hydrogen-bond acceptors (Lipinski definition) is 10. The van der Waals surface area contributed by atoms with Gasteiger partial charge in [-0.15, -0.1) is 0 Å². The Morgan fingerprint density at radius 1 is 0.733 bits per heavy atom. The van der Waals surface area contributed by atoms with Gasteiger partial charge in [-0.3, -0.25) is 24.1 Å². The van der Waals surface area contributed by atoms with E-state index in [4.69, 9.17) is 42.1 Å². The van der Waals surface area contributed by atoms with E-state index in [2.05, 4.69) is 10.6 Å². The van der Waals surface area contributed by atoms with Crippen molar-refractivity contribution in [1.82, 2.24) is 4.90 Å². The Kier molecular flexibility index (Phi) is 10.3. The number of nitrogens with one attached hydrogen (secondary N) is 2. The van der Waals surface area contributed by atoms with Crippen LogP contribution in [0.25, 0.3) is 0 Å². The van der Waals surface area contributed by atoms with Crippen LogP contribution in [-0.2, 0) is 23.9 Å². The van der Waals surface area contributed by atoms with E-state index in [1.165, 1.54) is 57.5 Å². The molecule has 1 aliphatic heterocycles. The lowest BCUT2D eigenvalue weighted by Crippen LogP contribution is -2.44. The van der Waals surface area contributed by atoms with E-state index in [9.17, 15) is 28.8 Å². The number of benzene rings is 3. The summed E-state index contributed by atoms with van der Waals surface area (Å²) in [6.07, 6.45) is 0. The van der Waals surface area contributed by atoms with Gasteiger partial charge in [0.05, 0.1) is 41.0 Å². The standard InChI is InChI=1S/C30H25Cl2N3O10/c1-15(29(40)44-13-25(36)33-17-5-8-23(42-2)21(31)11-17)35-27(38)19-7-4-16(10-20(19)28(35)39)30(41)45-14-26(37)34-18-6-9-24(43-3)22(32)12-18/h4-12,15H,13-14H2,1-3H3,(H,33,36)(H,34,37). The molecule has 1 aliphatic rings. The molecular formula is C30H25Cl2N3O10. The molecule has 0 aliphatic carbocycles.